The molecule has 0 saturated carbocycles. The maximum absolute atomic E-state index is 11.1. The summed E-state index contributed by atoms with van der Waals surface area (Å²) in [5.41, 5.74) is 5.29. The topological polar surface area (TPSA) is 64.3 Å². The van der Waals surface area contributed by atoms with Crippen LogP contribution in [0.2, 0.25) is 0 Å². The maximum atomic E-state index is 11.1. The van der Waals surface area contributed by atoms with E-state index in [4.69, 9.17) is 10.5 Å². The largest absolute Gasteiger partial charge is 0.379 e. The summed E-state index contributed by atoms with van der Waals surface area (Å²) in [6.07, 6.45) is 2.42. The molecule has 5 heteroatoms. The lowest BCUT2D eigenvalue weighted by molar-refractivity contribution is -0.121. The third-order valence-electron chi connectivity index (χ3n) is 1.70. The lowest BCUT2D eigenvalue weighted by Gasteiger charge is -2.07. The van der Waals surface area contributed by atoms with Gasteiger partial charge in [0.2, 0.25) is 5.91 Å². The highest BCUT2D eigenvalue weighted by molar-refractivity contribution is 5.85. The highest BCUT2D eigenvalue weighted by Gasteiger charge is 1.99. The molecule has 0 heterocycles. The van der Waals surface area contributed by atoms with Crippen molar-refractivity contribution in [2.24, 2.45) is 5.73 Å². The Kier molecular flexibility index (Phi) is 13.4. The second-order valence-electron chi connectivity index (χ2n) is 3.52. The molecule has 0 aromatic heterocycles. The highest BCUT2D eigenvalue weighted by atomic mass is 35.5. The van der Waals surface area contributed by atoms with E-state index in [2.05, 4.69) is 5.32 Å². The average molecular weight is 239 g/mol. The van der Waals surface area contributed by atoms with Crippen molar-refractivity contribution in [1.29, 1.82) is 0 Å². The Labute approximate surface area is 98.3 Å². The van der Waals surface area contributed by atoms with Crippen molar-refractivity contribution < 1.29 is 9.53 Å². The van der Waals surface area contributed by atoms with Crippen LogP contribution in [0.3, 0.4) is 0 Å². The van der Waals surface area contributed by atoms with E-state index in [1.807, 2.05) is 13.8 Å². The zero-order valence-corrected chi connectivity index (χ0v) is 10.4. The molecule has 4 nitrogen and oxygen atoms in total. The molecule has 0 bridgehead atoms. The fourth-order valence-electron chi connectivity index (χ4n) is 0.970. The van der Waals surface area contributed by atoms with Gasteiger partial charge in [-0.25, -0.2) is 0 Å². The molecule has 0 aliphatic carbocycles. The minimum atomic E-state index is 0. The Morgan fingerprint density at radius 3 is 2.60 bits per heavy atom. The summed E-state index contributed by atoms with van der Waals surface area (Å²) in [6, 6.07) is 0. The molecule has 0 aromatic rings. The second kappa shape index (κ2) is 11.8. The Morgan fingerprint density at radius 2 is 2.07 bits per heavy atom. The second-order valence-corrected chi connectivity index (χ2v) is 3.52. The van der Waals surface area contributed by atoms with Gasteiger partial charge in [0.1, 0.15) is 0 Å². The number of ether oxygens (including phenoxy) is 1. The third-order valence-corrected chi connectivity index (χ3v) is 1.70. The maximum Gasteiger partial charge on any atom is 0.220 e. The highest BCUT2D eigenvalue weighted by Crippen LogP contribution is 1.90. The molecule has 0 unspecified atom stereocenters. The molecular formula is C10H23ClN2O2. The van der Waals surface area contributed by atoms with Gasteiger partial charge in [-0.3, -0.25) is 4.79 Å². The standard InChI is InChI=1S/C10H22N2O2.ClH/c1-9(2)14-8-4-7-12-10(13)5-3-6-11;/h9H,3-8,11H2,1-2H3,(H,12,13);1H. The van der Waals surface area contributed by atoms with Crippen LogP contribution in [0.4, 0.5) is 0 Å². The van der Waals surface area contributed by atoms with Crippen molar-refractivity contribution in [1.82, 2.24) is 5.32 Å². The summed E-state index contributed by atoms with van der Waals surface area (Å²) in [4.78, 5) is 11.1. The first-order valence-electron chi connectivity index (χ1n) is 5.25. The molecule has 0 rings (SSSR count). The van der Waals surface area contributed by atoms with E-state index < -0.39 is 0 Å². The quantitative estimate of drug-likeness (QED) is 0.622. The molecule has 0 aliphatic heterocycles. The van der Waals surface area contributed by atoms with E-state index in [9.17, 15) is 4.79 Å². The van der Waals surface area contributed by atoms with Crippen LogP contribution in [0.5, 0.6) is 0 Å². The molecule has 15 heavy (non-hydrogen) atoms. The molecule has 0 radical (unpaired) electrons. The van der Waals surface area contributed by atoms with Crippen LogP contribution in [0.25, 0.3) is 0 Å². The van der Waals surface area contributed by atoms with Gasteiger partial charge in [0.05, 0.1) is 6.10 Å². The van der Waals surface area contributed by atoms with Gasteiger partial charge in [-0.15, -0.1) is 12.4 Å². The Morgan fingerprint density at radius 1 is 1.40 bits per heavy atom. The molecule has 1 amide bonds. The lowest BCUT2D eigenvalue weighted by Crippen LogP contribution is -2.25. The number of amides is 1. The van der Waals surface area contributed by atoms with Gasteiger partial charge in [0, 0.05) is 19.6 Å². The minimum Gasteiger partial charge on any atom is -0.379 e. The lowest BCUT2D eigenvalue weighted by atomic mass is 10.3. The number of carbonyl (C=O) groups is 1. The van der Waals surface area contributed by atoms with Gasteiger partial charge in [0.15, 0.2) is 0 Å². The summed E-state index contributed by atoms with van der Waals surface area (Å²) < 4.78 is 5.33. The van der Waals surface area contributed by atoms with Crippen LogP contribution < -0.4 is 11.1 Å². The van der Waals surface area contributed by atoms with Gasteiger partial charge in [-0.2, -0.15) is 0 Å². The predicted octanol–water partition coefficient (Wildman–Crippen LogP) is 1.08. The van der Waals surface area contributed by atoms with Crippen molar-refractivity contribution >= 4 is 18.3 Å². The zero-order chi connectivity index (χ0) is 10.8. The summed E-state index contributed by atoms with van der Waals surface area (Å²) >= 11 is 0. The molecule has 0 spiro atoms. The van der Waals surface area contributed by atoms with Crippen LogP contribution in [0, 0.1) is 0 Å². The number of carbonyl (C=O) groups excluding carboxylic acids is 1. The van der Waals surface area contributed by atoms with E-state index in [-0.39, 0.29) is 24.4 Å². The molecular weight excluding hydrogens is 216 g/mol. The molecule has 3 N–H and O–H groups in total. The summed E-state index contributed by atoms with van der Waals surface area (Å²) in [7, 11) is 0. The molecule has 0 aromatic carbocycles. The van der Waals surface area contributed by atoms with Crippen LogP contribution in [-0.4, -0.2) is 31.7 Å². The normalized spacial score (nSPS) is 9.87. The summed E-state index contributed by atoms with van der Waals surface area (Å²) in [6.45, 7) is 5.97. The molecule has 92 valence electrons. The first kappa shape index (κ1) is 17.1. The van der Waals surface area contributed by atoms with E-state index >= 15 is 0 Å². The van der Waals surface area contributed by atoms with Crippen LogP contribution in [0.15, 0.2) is 0 Å². The van der Waals surface area contributed by atoms with E-state index in [0.29, 0.717) is 26.1 Å². The fourth-order valence-corrected chi connectivity index (χ4v) is 0.970. The fraction of sp³-hybridized carbons (Fsp3) is 0.900. The zero-order valence-electron chi connectivity index (χ0n) is 9.62. The Bertz CT molecular complexity index is 154. The number of halogens is 1. The van der Waals surface area contributed by atoms with Crippen molar-refractivity contribution in [2.75, 3.05) is 19.7 Å². The van der Waals surface area contributed by atoms with E-state index in [0.717, 1.165) is 12.8 Å². The van der Waals surface area contributed by atoms with Crippen LogP contribution in [-0.2, 0) is 9.53 Å². The van der Waals surface area contributed by atoms with E-state index in [1.165, 1.54) is 0 Å². The molecule has 0 aliphatic rings. The van der Waals surface area contributed by atoms with Crippen molar-refractivity contribution in [3.8, 4) is 0 Å². The van der Waals surface area contributed by atoms with Crippen LogP contribution >= 0.6 is 12.4 Å². The third kappa shape index (κ3) is 13.7. The first-order chi connectivity index (χ1) is 6.66. The summed E-state index contributed by atoms with van der Waals surface area (Å²) in [5.74, 6) is 0.0833. The molecule has 0 saturated heterocycles. The number of hydrogen-bond donors (Lipinski definition) is 2. The van der Waals surface area contributed by atoms with Gasteiger partial charge in [-0.1, -0.05) is 0 Å². The molecule has 0 atom stereocenters. The Balaban J connectivity index is 0. The molecule has 0 fully saturated rings. The smallest absolute Gasteiger partial charge is 0.220 e. The predicted molar refractivity (Wildman–Crippen MR) is 64.3 cm³/mol. The number of rotatable bonds is 8. The van der Waals surface area contributed by atoms with E-state index in [1.54, 1.807) is 0 Å². The van der Waals surface area contributed by atoms with Crippen molar-refractivity contribution in [3.63, 3.8) is 0 Å². The monoisotopic (exact) mass is 238 g/mol. The van der Waals surface area contributed by atoms with Crippen LogP contribution in [0.1, 0.15) is 33.1 Å². The summed E-state index contributed by atoms with van der Waals surface area (Å²) in [5, 5.41) is 2.82. The SMILES string of the molecule is CC(C)OCCCNC(=O)CCCN.Cl. The first-order valence-corrected chi connectivity index (χ1v) is 5.25. The number of hydrogen-bond acceptors (Lipinski definition) is 3. The van der Waals surface area contributed by atoms with Crippen molar-refractivity contribution in [3.05, 3.63) is 0 Å². The number of nitrogens with two attached hydrogens (primary N) is 1. The average Bonchev–Trinajstić information content (AvgIpc) is 2.13. The Hall–Kier alpha value is -0.320. The van der Waals surface area contributed by atoms with Gasteiger partial charge in [-0.05, 0) is 33.2 Å². The van der Waals surface area contributed by atoms with Gasteiger partial charge < -0.3 is 15.8 Å². The van der Waals surface area contributed by atoms with Gasteiger partial charge >= 0.3 is 0 Å². The van der Waals surface area contributed by atoms with Crippen molar-refractivity contribution in [2.45, 2.75) is 39.2 Å². The van der Waals surface area contributed by atoms with Gasteiger partial charge in [0.25, 0.3) is 0 Å². The number of nitrogens with one attached hydrogen (secondary N) is 1. The minimum absolute atomic E-state index is 0.